The third-order valence-electron chi connectivity index (χ3n) is 6.36. The number of hydrogen-bond donors (Lipinski definition) is 5. The highest BCUT2D eigenvalue weighted by Crippen LogP contribution is 2.34. The summed E-state index contributed by atoms with van der Waals surface area (Å²) in [5, 5.41) is 12.4. The summed E-state index contributed by atoms with van der Waals surface area (Å²) in [6.45, 7) is 1.34. The molecule has 0 fully saturated rings. The van der Waals surface area contributed by atoms with Gasteiger partial charge in [-0.3, -0.25) is 19.3 Å². The van der Waals surface area contributed by atoms with Crippen molar-refractivity contribution in [3.05, 3.63) is 112 Å². The molecule has 0 bridgehead atoms. The van der Waals surface area contributed by atoms with Gasteiger partial charge < -0.3 is 20.5 Å². The van der Waals surface area contributed by atoms with Gasteiger partial charge >= 0.3 is 0 Å². The van der Waals surface area contributed by atoms with E-state index in [0.29, 0.717) is 7.14 Å². The topological polar surface area (TPSA) is 130 Å². The Bertz CT molecular complexity index is 1930. The van der Waals surface area contributed by atoms with Crippen molar-refractivity contribution in [2.75, 3.05) is 37.6 Å². The zero-order chi connectivity index (χ0) is 38.7. The standard InChI is InChI=1S/2C16H13ClF3IN2O3/c1-7(6-24)26-23-16(25)9-5-10(17)13(19)14(20)15(9)22-12-3-2-8(21)4-11(12)18;1-25-4-5-26-23-16(24)9-7-10(17)13(19)14(20)15(9)22-12-3-2-8(21)6-11(12)18/h2-5,7,22,24H,6H2,1H3,(H,23,25);2-3,6-7,22H,4-5H2,1H3,(H,23,24). The van der Waals surface area contributed by atoms with E-state index >= 15 is 0 Å². The van der Waals surface area contributed by atoms with Crippen LogP contribution in [-0.4, -0.2) is 50.0 Å². The molecule has 4 aromatic rings. The number of nitrogens with one attached hydrogen (secondary N) is 4. The highest BCUT2D eigenvalue weighted by Gasteiger charge is 2.25. The minimum absolute atomic E-state index is 0.0359. The van der Waals surface area contributed by atoms with Crippen molar-refractivity contribution in [1.29, 1.82) is 0 Å². The Kier molecular flexibility index (Phi) is 17.0. The van der Waals surface area contributed by atoms with Crippen molar-refractivity contribution in [2.24, 2.45) is 0 Å². The van der Waals surface area contributed by atoms with Crippen molar-refractivity contribution in [3.8, 4) is 0 Å². The number of halogens is 10. The molecule has 20 heteroatoms. The fraction of sp³-hybridized carbons (Fsp3) is 0.188. The van der Waals surface area contributed by atoms with Crippen LogP contribution in [0.15, 0.2) is 48.5 Å². The van der Waals surface area contributed by atoms with Crippen molar-refractivity contribution in [2.45, 2.75) is 13.0 Å². The highest BCUT2D eigenvalue weighted by atomic mass is 127. The van der Waals surface area contributed by atoms with Gasteiger partial charge in [-0.15, -0.1) is 0 Å². The molecule has 10 nitrogen and oxygen atoms in total. The lowest BCUT2D eigenvalue weighted by Gasteiger charge is -2.16. The smallest absolute Gasteiger partial charge is 0.277 e. The molecule has 0 aliphatic carbocycles. The van der Waals surface area contributed by atoms with Gasteiger partial charge in [-0.2, -0.15) is 0 Å². The van der Waals surface area contributed by atoms with Crippen LogP contribution in [0.2, 0.25) is 10.0 Å². The van der Waals surface area contributed by atoms with Gasteiger partial charge in [0.25, 0.3) is 11.8 Å². The Labute approximate surface area is 329 Å². The van der Waals surface area contributed by atoms with Gasteiger partial charge in [0.15, 0.2) is 23.3 Å². The van der Waals surface area contributed by atoms with Crippen LogP contribution in [0.4, 0.5) is 49.1 Å². The first kappa shape index (κ1) is 43.3. The molecule has 2 amide bonds. The fourth-order valence-electron chi connectivity index (χ4n) is 3.79. The Hall–Kier alpha value is -3.12. The number of hydroxylamine groups is 2. The van der Waals surface area contributed by atoms with E-state index in [4.69, 9.17) is 42.7 Å². The van der Waals surface area contributed by atoms with Gasteiger partial charge in [-0.1, -0.05) is 23.2 Å². The maximum Gasteiger partial charge on any atom is 0.277 e. The Morgan fingerprint density at radius 3 is 1.58 bits per heavy atom. The molecule has 0 saturated carbocycles. The number of aliphatic hydroxyl groups excluding tert-OH is 1. The number of aliphatic hydroxyl groups is 1. The number of benzene rings is 4. The summed E-state index contributed by atoms with van der Waals surface area (Å²) in [5.74, 6) is -8.89. The van der Waals surface area contributed by atoms with E-state index in [-0.39, 0.29) is 36.8 Å². The second kappa shape index (κ2) is 20.4. The Morgan fingerprint density at radius 2 is 1.17 bits per heavy atom. The van der Waals surface area contributed by atoms with Gasteiger partial charge in [0.2, 0.25) is 0 Å². The minimum Gasteiger partial charge on any atom is -0.394 e. The van der Waals surface area contributed by atoms with Crippen molar-refractivity contribution < 1.29 is 55.5 Å². The maximum atomic E-state index is 14.3. The van der Waals surface area contributed by atoms with E-state index < -0.39 is 79.8 Å². The average Bonchev–Trinajstić information content (AvgIpc) is 3.11. The number of hydrogen-bond acceptors (Lipinski definition) is 8. The quantitative estimate of drug-likeness (QED) is 0.0297. The van der Waals surface area contributed by atoms with Crippen molar-refractivity contribution >= 4 is 103 Å². The number of methoxy groups -OCH3 is 1. The minimum atomic E-state index is -1.45. The first-order valence-electron chi connectivity index (χ1n) is 14.4. The maximum absolute atomic E-state index is 14.3. The van der Waals surface area contributed by atoms with E-state index in [1.54, 1.807) is 12.1 Å². The summed E-state index contributed by atoms with van der Waals surface area (Å²) in [6.07, 6.45) is -0.732. The molecule has 0 aliphatic rings. The average molecular weight is 1000 g/mol. The summed E-state index contributed by atoms with van der Waals surface area (Å²) in [6, 6.07) is 9.93. The molecule has 1 atom stereocenters. The molecule has 5 N–H and O–H groups in total. The third kappa shape index (κ3) is 11.7. The first-order chi connectivity index (χ1) is 24.6. The summed E-state index contributed by atoms with van der Waals surface area (Å²) in [4.78, 5) is 34.2. The van der Waals surface area contributed by atoms with Gasteiger partial charge in [-0.05, 0) is 101 Å². The summed E-state index contributed by atoms with van der Waals surface area (Å²) >= 11 is 15.0. The third-order valence-corrected chi connectivity index (χ3v) is 8.25. The van der Waals surface area contributed by atoms with Gasteiger partial charge in [0.05, 0.1) is 63.7 Å². The van der Waals surface area contributed by atoms with Crippen molar-refractivity contribution in [3.63, 3.8) is 0 Å². The second-order valence-electron chi connectivity index (χ2n) is 10.1. The molecule has 280 valence electrons. The van der Waals surface area contributed by atoms with Crippen LogP contribution >= 0.6 is 68.4 Å². The zero-order valence-electron chi connectivity index (χ0n) is 26.6. The second-order valence-corrected chi connectivity index (χ2v) is 13.4. The highest BCUT2D eigenvalue weighted by molar-refractivity contribution is 14.1. The molecular weight excluding hydrogens is 975 g/mol. The SMILES string of the molecule is CC(CO)ONC(=O)c1cc(Cl)c(F)c(F)c1Nc1ccc(I)cc1F.COCCONC(=O)c1cc(Cl)c(F)c(F)c1Nc1ccc(I)cc1F. The normalized spacial score (nSPS) is 11.3. The predicted octanol–water partition coefficient (Wildman–Crippen LogP) is 8.56. The molecule has 0 radical (unpaired) electrons. The zero-order valence-corrected chi connectivity index (χ0v) is 32.4. The number of rotatable bonds is 13. The molecular formula is C32H26Cl2F6I2N4O6. The van der Waals surface area contributed by atoms with Gasteiger partial charge in [0.1, 0.15) is 17.7 Å². The van der Waals surface area contributed by atoms with Crippen LogP contribution in [-0.2, 0) is 14.4 Å². The molecule has 52 heavy (non-hydrogen) atoms. The van der Waals surface area contributed by atoms with E-state index in [1.807, 2.05) is 50.7 Å². The fourth-order valence-corrected chi connectivity index (χ4v) is 5.08. The molecule has 1 unspecified atom stereocenters. The molecule has 0 aromatic heterocycles. The predicted molar refractivity (Wildman–Crippen MR) is 198 cm³/mol. The Balaban J connectivity index is 0.000000280. The van der Waals surface area contributed by atoms with Crippen LogP contribution in [0.5, 0.6) is 0 Å². The summed E-state index contributed by atoms with van der Waals surface area (Å²) < 4.78 is 90.3. The van der Waals surface area contributed by atoms with Crippen LogP contribution in [0, 0.1) is 42.0 Å². The molecule has 0 spiro atoms. The van der Waals surface area contributed by atoms with Crippen LogP contribution < -0.4 is 21.6 Å². The number of carbonyl (C=O) groups is 2. The molecule has 4 aromatic carbocycles. The lowest BCUT2D eigenvalue weighted by atomic mass is 10.1. The van der Waals surface area contributed by atoms with Crippen LogP contribution in [0.3, 0.4) is 0 Å². The lowest BCUT2D eigenvalue weighted by Crippen LogP contribution is -2.30. The number of carbonyl (C=O) groups excluding carboxylic acids is 2. The van der Waals surface area contributed by atoms with Gasteiger partial charge in [0, 0.05) is 14.3 Å². The van der Waals surface area contributed by atoms with Gasteiger partial charge in [-0.25, -0.2) is 37.3 Å². The molecule has 0 saturated heterocycles. The molecule has 4 rings (SSSR count). The summed E-state index contributed by atoms with van der Waals surface area (Å²) in [5.41, 5.74) is 1.81. The Morgan fingerprint density at radius 1 is 0.731 bits per heavy atom. The van der Waals surface area contributed by atoms with E-state index in [1.165, 1.54) is 38.3 Å². The van der Waals surface area contributed by atoms with E-state index in [9.17, 15) is 35.9 Å². The van der Waals surface area contributed by atoms with E-state index in [0.717, 1.165) is 12.1 Å². The van der Waals surface area contributed by atoms with Crippen LogP contribution in [0.25, 0.3) is 0 Å². The molecule has 0 heterocycles. The number of ether oxygens (including phenoxy) is 1. The number of amides is 2. The summed E-state index contributed by atoms with van der Waals surface area (Å²) in [7, 11) is 1.44. The monoisotopic (exact) mass is 1000 g/mol. The van der Waals surface area contributed by atoms with Crippen molar-refractivity contribution in [1.82, 2.24) is 11.0 Å². The number of anilines is 4. The van der Waals surface area contributed by atoms with Crippen LogP contribution in [0.1, 0.15) is 27.6 Å². The largest absolute Gasteiger partial charge is 0.394 e. The first-order valence-corrected chi connectivity index (χ1v) is 17.3. The lowest BCUT2D eigenvalue weighted by molar-refractivity contribution is -0.0304. The van der Waals surface area contributed by atoms with E-state index in [2.05, 4.69) is 16.1 Å². The molecule has 0 aliphatic heterocycles.